The highest BCUT2D eigenvalue weighted by molar-refractivity contribution is 6.02. The molecule has 1 aliphatic carbocycles. The van der Waals surface area contributed by atoms with Crippen molar-refractivity contribution in [2.75, 3.05) is 7.11 Å². The third-order valence-corrected chi connectivity index (χ3v) is 5.41. The van der Waals surface area contributed by atoms with E-state index in [0.29, 0.717) is 22.8 Å². The molecule has 1 aliphatic rings. The van der Waals surface area contributed by atoms with Crippen LogP contribution in [0.15, 0.2) is 48.3 Å². The minimum absolute atomic E-state index is 0.0151. The summed E-state index contributed by atoms with van der Waals surface area (Å²) >= 11 is 0. The maximum absolute atomic E-state index is 12.6. The van der Waals surface area contributed by atoms with Gasteiger partial charge >= 0.3 is 5.97 Å². The number of aromatic nitrogens is 1. The summed E-state index contributed by atoms with van der Waals surface area (Å²) in [6, 6.07) is 10.0. The number of methoxy groups -OCH3 is 1. The Kier molecular flexibility index (Phi) is 7.39. The molecule has 0 bridgehead atoms. The van der Waals surface area contributed by atoms with Crippen molar-refractivity contribution in [2.45, 2.75) is 38.6 Å². The highest BCUT2D eigenvalue weighted by atomic mass is 16.6. The van der Waals surface area contributed by atoms with Crippen LogP contribution in [-0.2, 0) is 4.79 Å². The Morgan fingerprint density at radius 3 is 2.58 bits per heavy atom. The first-order chi connectivity index (χ1) is 15.0. The lowest BCUT2D eigenvalue weighted by molar-refractivity contribution is -0.118. The second-order valence-corrected chi connectivity index (χ2v) is 7.55. The SMILES string of the molecule is COc1cc(/C=C(\C#N)C(=O)N[C@H]2CCCC[C@H]2C)ccc1OC(=O)c1ccncc1. The predicted octanol–water partition coefficient (Wildman–Crippen LogP) is 3.91. The van der Waals surface area contributed by atoms with Crippen LogP contribution in [0.5, 0.6) is 11.5 Å². The van der Waals surface area contributed by atoms with Crippen LogP contribution >= 0.6 is 0 Å². The number of rotatable bonds is 6. The van der Waals surface area contributed by atoms with Crippen molar-refractivity contribution >= 4 is 18.0 Å². The van der Waals surface area contributed by atoms with Gasteiger partial charge in [-0.05, 0) is 54.7 Å². The zero-order valence-corrected chi connectivity index (χ0v) is 17.6. The molecule has 1 heterocycles. The van der Waals surface area contributed by atoms with Crippen molar-refractivity contribution in [1.29, 1.82) is 5.26 Å². The zero-order chi connectivity index (χ0) is 22.2. The number of pyridine rings is 1. The fraction of sp³-hybridized carbons (Fsp3) is 0.333. The van der Waals surface area contributed by atoms with Gasteiger partial charge in [0.05, 0.1) is 12.7 Å². The first-order valence-corrected chi connectivity index (χ1v) is 10.2. The fourth-order valence-electron chi connectivity index (χ4n) is 3.60. The quantitative estimate of drug-likeness (QED) is 0.330. The Morgan fingerprint density at radius 2 is 1.90 bits per heavy atom. The number of carbonyl (C=O) groups excluding carboxylic acids is 2. The molecule has 31 heavy (non-hydrogen) atoms. The highest BCUT2D eigenvalue weighted by Gasteiger charge is 2.24. The third-order valence-electron chi connectivity index (χ3n) is 5.41. The minimum Gasteiger partial charge on any atom is -0.493 e. The molecule has 1 fully saturated rings. The van der Waals surface area contributed by atoms with Gasteiger partial charge in [0, 0.05) is 18.4 Å². The predicted molar refractivity (Wildman–Crippen MR) is 115 cm³/mol. The van der Waals surface area contributed by atoms with Gasteiger partial charge in [0.1, 0.15) is 11.6 Å². The summed E-state index contributed by atoms with van der Waals surface area (Å²) in [7, 11) is 1.45. The molecule has 2 atom stereocenters. The van der Waals surface area contributed by atoms with E-state index in [4.69, 9.17) is 9.47 Å². The summed E-state index contributed by atoms with van der Waals surface area (Å²) in [4.78, 5) is 28.8. The largest absolute Gasteiger partial charge is 0.493 e. The lowest BCUT2D eigenvalue weighted by atomic mass is 9.86. The molecular formula is C24H25N3O4. The second kappa shape index (κ2) is 10.4. The Labute approximate surface area is 181 Å². The van der Waals surface area contributed by atoms with Gasteiger partial charge in [0.2, 0.25) is 0 Å². The van der Waals surface area contributed by atoms with Gasteiger partial charge in [-0.1, -0.05) is 25.8 Å². The van der Waals surface area contributed by atoms with Crippen LogP contribution in [0.4, 0.5) is 0 Å². The summed E-state index contributed by atoms with van der Waals surface area (Å²) in [6.07, 6.45) is 8.77. The molecule has 1 saturated carbocycles. The van der Waals surface area contributed by atoms with Crippen LogP contribution in [0.1, 0.15) is 48.5 Å². The molecule has 0 spiro atoms. The van der Waals surface area contributed by atoms with Gasteiger partial charge in [-0.15, -0.1) is 0 Å². The number of ether oxygens (including phenoxy) is 2. The number of hydrogen-bond donors (Lipinski definition) is 1. The summed E-state index contributed by atoms with van der Waals surface area (Å²) in [5.41, 5.74) is 0.965. The summed E-state index contributed by atoms with van der Waals surface area (Å²) < 4.78 is 10.7. The van der Waals surface area contributed by atoms with Crippen LogP contribution in [0, 0.1) is 17.2 Å². The molecule has 1 amide bonds. The van der Waals surface area contributed by atoms with Crippen molar-refractivity contribution in [3.63, 3.8) is 0 Å². The number of nitrogens with zero attached hydrogens (tertiary/aromatic N) is 2. The Morgan fingerprint density at radius 1 is 1.16 bits per heavy atom. The van der Waals surface area contributed by atoms with E-state index in [1.807, 2.05) is 6.07 Å². The molecule has 0 radical (unpaired) electrons. The minimum atomic E-state index is -0.539. The Hall–Kier alpha value is -3.66. The van der Waals surface area contributed by atoms with Gasteiger partial charge in [0.25, 0.3) is 5.91 Å². The van der Waals surface area contributed by atoms with Crippen LogP contribution in [0.25, 0.3) is 6.08 Å². The number of nitriles is 1. The van der Waals surface area contributed by atoms with E-state index in [9.17, 15) is 14.9 Å². The monoisotopic (exact) mass is 419 g/mol. The number of nitrogens with one attached hydrogen (secondary N) is 1. The summed E-state index contributed by atoms with van der Waals surface area (Å²) in [5, 5.41) is 12.5. The van der Waals surface area contributed by atoms with E-state index in [1.165, 1.54) is 32.0 Å². The number of hydrogen-bond acceptors (Lipinski definition) is 6. The molecule has 0 unspecified atom stereocenters. The average molecular weight is 419 g/mol. The van der Waals surface area contributed by atoms with E-state index in [2.05, 4.69) is 17.2 Å². The lowest BCUT2D eigenvalue weighted by Crippen LogP contribution is -2.41. The maximum atomic E-state index is 12.6. The number of carbonyl (C=O) groups is 2. The first-order valence-electron chi connectivity index (χ1n) is 10.2. The van der Waals surface area contributed by atoms with Crippen LogP contribution < -0.4 is 14.8 Å². The van der Waals surface area contributed by atoms with Gasteiger partial charge in [-0.2, -0.15) is 5.26 Å². The Balaban J connectivity index is 1.75. The molecule has 1 aromatic carbocycles. The molecule has 7 heteroatoms. The Bertz CT molecular complexity index is 1010. The normalized spacial score (nSPS) is 18.5. The van der Waals surface area contributed by atoms with Crippen molar-refractivity contribution in [3.05, 3.63) is 59.4 Å². The number of esters is 1. The zero-order valence-electron chi connectivity index (χ0n) is 17.6. The molecule has 160 valence electrons. The average Bonchev–Trinajstić information content (AvgIpc) is 2.80. The van der Waals surface area contributed by atoms with E-state index in [1.54, 1.807) is 30.3 Å². The van der Waals surface area contributed by atoms with E-state index in [0.717, 1.165) is 19.3 Å². The van der Waals surface area contributed by atoms with Crippen molar-refractivity contribution in [2.24, 2.45) is 5.92 Å². The van der Waals surface area contributed by atoms with E-state index < -0.39 is 5.97 Å². The van der Waals surface area contributed by atoms with E-state index >= 15 is 0 Å². The molecule has 2 aromatic rings. The molecule has 0 saturated heterocycles. The topological polar surface area (TPSA) is 101 Å². The van der Waals surface area contributed by atoms with Crippen LogP contribution in [0.3, 0.4) is 0 Å². The van der Waals surface area contributed by atoms with Crippen molar-refractivity contribution in [1.82, 2.24) is 10.3 Å². The smallest absolute Gasteiger partial charge is 0.343 e. The second-order valence-electron chi connectivity index (χ2n) is 7.55. The molecule has 1 aromatic heterocycles. The molecule has 7 nitrogen and oxygen atoms in total. The van der Waals surface area contributed by atoms with E-state index in [-0.39, 0.29) is 23.3 Å². The van der Waals surface area contributed by atoms with Crippen LogP contribution in [-0.4, -0.2) is 30.0 Å². The standard InChI is InChI=1S/C24H25N3O4/c1-16-5-3-4-6-20(16)27-23(28)19(15-25)13-17-7-8-21(22(14-17)30-2)31-24(29)18-9-11-26-12-10-18/h7-14,16,20H,3-6H2,1-2H3,(H,27,28)/b19-13+/t16-,20+/m1/s1. The fourth-order valence-corrected chi connectivity index (χ4v) is 3.60. The first kappa shape index (κ1) is 22.0. The molecule has 3 rings (SSSR count). The third kappa shape index (κ3) is 5.70. The highest BCUT2D eigenvalue weighted by Crippen LogP contribution is 2.30. The number of benzene rings is 1. The van der Waals surface area contributed by atoms with Crippen molar-refractivity contribution in [3.8, 4) is 17.6 Å². The summed E-state index contributed by atoms with van der Waals surface area (Å²) in [6.45, 7) is 2.12. The molecular weight excluding hydrogens is 394 g/mol. The van der Waals surface area contributed by atoms with Gasteiger partial charge in [-0.25, -0.2) is 4.79 Å². The number of amides is 1. The lowest BCUT2D eigenvalue weighted by Gasteiger charge is -2.29. The van der Waals surface area contributed by atoms with Gasteiger partial charge in [0.15, 0.2) is 11.5 Å². The van der Waals surface area contributed by atoms with Gasteiger partial charge in [-0.3, -0.25) is 9.78 Å². The van der Waals surface area contributed by atoms with Gasteiger partial charge < -0.3 is 14.8 Å². The van der Waals surface area contributed by atoms with Crippen molar-refractivity contribution < 1.29 is 19.1 Å². The maximum Gasteiger partial charge on any atom is 0.343 e. The molecule has 0 aliphatic heterocycles. The molecule has 1 N–H and O–H groups in total. The van der Waals surface area contributed by atoms with Crippen LogP contribution in [0.2, 0.25) is 0 Å². The summed E-state index contributed by atoms with van der Waals surface area (Å²) in [5.74, 6) is 0.0263.